The summed E-state index contributed by atoms with van der Waals surface area (Å²) in [5.41, 5.74) is 7.45. The quantitative estimate of drug-likeness (QED) is 0.289. The Balaban J connectivity index is 1.33. The van der Waals surface area contributed by atoms with Crippen molar-refractivity contribution < 1.29 is 19.1 Å². The molecule has 4 N–H and O–H groups in total. The van der Waals surface area contributed by atoms with Crippen LogP contribution in [0, 0.1) is 11.3 Å². The number of nitrogens with zero attached hydrogens (tertiary/aromatic N) is 3. The second-order valence-corrected chi connectivity index (χ2v) is 13.4. The van der Waals surface area contributed by atoms with Crippen molar-refractivity contribution in [2.24, 2.45) is 11.7 Å². The van der Waals surface area contributed by atoms with Crippen LogP contribution in [-0.4, -0.2) is 85.9 Å². The lowest BCUT2D eigenvalue weighted by molar-refractivity contribution is -0.146. The van der Waals surface area contributed by atoms with Gasteiger partial charge in [-0.3, -0.25) is 9.59 Å². The third-order valence-corrected chi connectivity index (χ3v) is 9.64. The SMILES string of the molecule is COc1cc(/C(C=N)=C/N)ccc1CN(C(=O)[C@@H]1CCCN(c2c(Cl)ccc(OC(C)(C)C(=O)N3CCNCC3)c2Cl)C1)C1CC1. The van der Waals surface area contributed by atoms with E-state index in [4.69, 9.17) is 43.8 Å². The van der Waals surface area contributed by atoms with E-state index < -0.39 is 5.60 Å². The third kappa shape index (κ3) is 7.40. The molecule has 12 heteroatoms. The van der Waals surface area contributed by atoms with Crippen molar-refractivity contribution in [1.29, 1.82) is 5.41 Å². The highest BCUT2D eigenvalue weighted by Gasteiger charge is 2.39. The molecule has 1 saturated carbocycles. The summed E-state index contributed by atoms with van der Waals surface area (Å²) in [5, 5.41) is 11.7. The number of amides is 2. The molecule has 5 rings (SSSR count). The number of benzene rings is 2. The van der Waals surface area contributed by atoms with Gasteiger partial charge in [0.25, 0.3) is 5.91 Å². The van der Waals surface area contributed by atoms with Crippen LogP contribution in [0.2, 0.25) is 10.0 Å². The highest BCUT2D eigenvalue weighted by Crippen LogP contribution is 2.43. The minimum Gasteiger partial charge on any atom is -0.496 e. The molecule has 2 aliphatic heterocycles. The largest absolute Gasteiger partial charge is 0.496 e. The summed E-state index contributed by atoms with van der Waals surface area (Å²) in [5.74, 6) is 0.794. The molecule has 2 aromatic carbocycles. The van der Waals surface area contributed by atoms with Crippen LogP contribution in [0.5, 0.6) is 11.5 Å². The first-order valence-electron chi connectivity index (χ1n) is 15.9. The van der Waals surface area contributed by atoms with E-state index in [9.17, 15) is 9.59 Å². The summed E-state index contributed by atoms with van der Waals surface area (Å²) in [4.78, 5) is 33.3. The Kier molecular flexibility index (Phi) is 10.7. The van der Waals surface area contributed by atoms with Crippen LogP contribution >= 0.6 is 23.2 Å². The Bertz CT molecular complexity index is 1490. The van der Waals surface area contributed by atoms with Gasteiger partial charge < -0.3 is 40.6 Å². The molecule has 2 aromatic rings. The van der Waals surface area contributed by atoms with Crippen LogP contribution in [0.4, 0.5) is 5.69 Å². The third-order valence-electron chi connectivity index (χ3n) is 8.97. The summed E-state index contributed by atoms with van der Waals surface area (Å²) in [7, 11) is 1.61. The van der Waals surface area contributed by atoms with E-state index in [2.05, 4.69) is 10.2 Å². The van der Waals surface area contributed by atoms with Crippen LogP contribution in [0.3, 0.4) is 0 Å². The highest BCUT2D eigenvalue weighted by atomic mass is 35.5. The van der Waals surface area contributed by atoms with E-state index in [0.29, 0.717) is 65.5 Å². The van der Waals surface area contributed by atoms with Gasteiger partial charge in [0.2, 0.25) is 5.91 Å². The summed E-state index contributed by atoms with van der Waals surface area (Å²) < 4.78 is 12.0. The fourth-order valence-electron chi connectivity index (χ4n) is 6.31. The molecule has 0 aromatic heterocycles. The topological polar surface area (TPSA) is 124 Å². The molecule has 1 aliphatic carbocycles. The second kappa shape index (κ2) is 14.5. The van der Waals surface area contributed by atoms with E-state index >= 15 is 0 Å². The number of carbonyl (C=O) groups is 2. The van der Waals surface area contributed by atoms with Gasteiger partial charge >= 0.3 is 0 Å². The monoisotopic (exact) mass is 670 g/mol. The predicted molar refractivity (Wildman–Crippen MR) is 183 cm³/mol. The van der Waals surface area contributed by atoms with Gasteiger partial charge in [-0.05, 0) is 63.3 Å². The van der Waals surface area contributed by atoms with Crippen molar-refractivity contribution in [2.75, 3.05) is 51.3 Å². The Morgan fingerprint density at radius 3 is 2.50 bits per heavy atom. The molecule has 0 spiro atoms. The molecule has 46 heavy (non-hydrogen) atoms. The van der Waals surface area contributed by atoms with Crippen LogP contribution in [0.15, 0.2) is 36.5 Å². The zero-order valence-corrected chi connectivity index (χ0v) is 28.3. The molecular formula is C34H44Cl2N6O4. The number of nitrogens with one attached hydrogen (secondary N) is 2. The van der Waals surface area contributed by atoms with E-state index in [0.717, 1.165) is 49.9 Å². The maximum atomic E-state index is 14.1. The number of anilines is 1. The minimum absolute atomic E-state index is 0.0948. The van der Waals surface area contributed by atoms with Gasteiger partial charge in [0, 0.05) is 75.4 Å². The van der Waals surface area contributed by atoms with Gasteiger partial charge in [-0.2, -0.15) is 0 Å². The average molecular weight is 672 g/mol. The molecule has 3 fully saturated rings. The molecule has 2 saturated heterocycles. The van der Waals surface area contributed by atoms with Gasteiger partial charge in [0.1, 0.15) is 16.5 Å². The first kappa shape index (κ1) is 33.9. The number of rotatable bonds is 11. The zero-order valence-electron chi connectivity index (χ0n) is 26.8. The summed E-state index contributed by atoms with van der Waals surface area (Å²) in [6.07, 6.45) is 6.10. The van der Waals surface area contributed by atoms with Crippen LogP contribution < -0.4 is 25.4 Å². The number of nitrogens with two attached hydrogens (primary N) is 1. The van der Waals surface area contributed by atoms with Crippen molar-refractivity contribution in [2.45, 2.75) is 57.7 Å². The number of carbonyl (C=O) groups excluding carboxylic acids is 2. The second-order valence-electron chi connectivity index (χ2n) is 12.6. The van der Waals surface area contributed by atoms with E-state index in [1.54, 1.807) is 33.1 Å². The lowest BCUT2D eigenvalue weighted by atomic mass is 9.95. The molecule has 248 valence electrons. The Morgan fingerprint density at radius 1 is 1.11 bits per heavy atom. The Morgan fingerprint density at radius 2 is 1.85 bits per heavy atom. The van der Waals surface area contributed by atoms with Gasteiger partial charge in [-0.1, -0.05) is 35.3 Å². The van der Waals surface area contributed by atoms with Crippen molar-refractivity contribution in [3.05, 3.63) is 57.7 Å². The van der Waals surface area contributed by atoms with Crippen LogP contribution in [-0.2, 0) is 16.1 Å². The summed E-state index contributed by atoms with van der Waals surface area (Å²) >= 11 is 13.7. The maximum absolute atomic E-state index is 14.1. The first-order valence-corrected chi connectivity index (χ1v) is 16.7. The molecular weight excluding hydrogens is 627 g/mol. The lowest BCUT2D eigenvalue weighted by Gasteiger charge is -2.38. The zero-order chi connectivity index (χ0) is 33.0. The molecule has 2 heterocycles. The molecule has 2 amide bonds. The molecule has 0 bridgehead atoms. The smallest absolute Gasteiger partial charge is 0.266 e. The van der Waals surface area contributed by atoms with Gasteiger partial charge in [-0.25, -0.2) is 0 Å². The Labute approximate surface area is 281 Å². The normalized spacial score (nSPS) is 19.1. The van der Waals surface area contributed by atoms with Gasteiger partial charge in [0.15, 0.2) is 5.60 Å². The van der Waals surface area contributed by atoms with E-state index in [1.165, 1.54) is 12.4 Å². The molecule has 3 aliphatic rings. The average Bonchev–Trinajstić information content (AvgIpc) is 3.91. The molecule has 10 nitrogen and oxygen atoms in total. The van der Waals surface area contributed by atoms with Crippen molar-refractivity contribution >= 4 is 52.5 Å². The Hall–Kier alpha value is -3.47. The van der Waals surface area contributed by atoms with Crippen molar-refractivity contribution in [1.82, 2.24) is 15.1 Å². The molecule has 0 unspecified atom stereocenters. The number of hydrogen-bond donors (Lipinski definition) is 3. The first-order chi connectivity index (χ1) is 22.1. The standard InChI is InChI=1S/C34H44Cl2N6O4/c1-34(2,33(44)40-15-12-39-13-16-40)46-28-11-10-27(35)31(30(28)36)41-14-4-5-24(20-41)32(43)42(26-8-9-26)21-23-7-6-22(17-29(23)45-3)25(18-37)19-38/h6-7,10-11,17-19,24,26,37,39H,4-5,8-9,12-16,20-21,38H2,1-3H3/b25-19+,37-18?/t24-/m1/s1. The molecule has 0 radical (unpaired) electrons. The number of methoxy groups -OCH3 is 1. The molecule has 1 atom stereocenters. The van der Waals surface area contributed by atoms with Crippen LogP contribution in [0.1, 0.15) is 50.7 Å². The minimum atomic E-state index is -1.13. The fraction of sp³-hybridized carbons (Fsp3) is 0.500. The van der Waals surface area contributed by atoms with Gasteiger partial charge in [0.05, 0.1) is 23.7 Å². The van der Waals surface area contributed by atoms with Crippen LogP contribution in [0.25, 0.3) is 5.57 Å². The number of ether oxygens (including phenoxy) is 2. The number of hydrogen-bond acceptors (Lipinski definition) is 8. The van der Waals surface area contributed by atoms with Gasteiger partial charge in [-0.15, -0.1) is 0 Å². The van der Waals surface area contributed by atoms with E-state index in [-0.39, 0.29) is 23.8 Å². The lowest BCUT2D eigenvalue weighted by Crippen LogP contribution is -2.54. The number of allylic oxidation sites excluding steroid dienone is 1. The van der Waals surface area contributed by atoms with Crippen molar-refractivity contribution in [3.8, 4) is 11.5 Å². The number of piperazine rings is 1. The number of piperidine rings is 1. The number of halogens is 2. The fourth-order valence-corrected chi connectivity index (χ4v) is 6.96. The predicted octanol–water partition coefficient (Wildman–Crippen LogP) is 4.95. The van der Waals surface area contributed by atoms with E-state index in [1.807, 2.05) is 28.0 Å². The van der Waals surface area contributed by atoms with Crippen molar-refractivity contribution in [3.63, 3.8) is 0 Å². The highest BCUT2D eigenvalue weighted by molar-refractivity contribution is 6.40. The summed E-state index contributed by atoms with van der Waals surface area (Å²) in [6, 6.07) is 9.33. The maximum Gasteiger partial charge on any atom is 0.266 e. The summed E-state index contributed by atoms with van der Waals surface area (Å²) in [6.45, 7) is 7.86.